The Morgan fingerprint density at radius 1 is 1.00 bits per heavy atom. The van der Waals surface area contributed by atoms with Crippen molar-refractivity contribution in [1.82, 2.24) is 0 Å². The summed E-state index contributed by atoms with van der Waals surface area (Å²) in [5.74, 6) is 0. The van der Waals surface area contributed by atoms with Crippen molar-refractivity contribution in [3.05, 3.63) is 0 Å². The second kappa shape index (κ2) is 9.08. The molecule has 1 N–H and O–H groups in total. The van der Waals surface area contributed by atoms with Gasteiger partial charge in [-0.3, -0.25) is 0 Å². The standard InChI is InChI=1S/C10H19Cl3O/c1-2-3-4-8(11)5-9(12)6-10(13)7-14/h8-10,14H,2-7H2,1H3. The van der Waals surface area contributed by atoms with E-state index in [9.17, 15) is 0 Å². The summed E-state index contributed by atoms with van der Waals surface area (Å²) in [7, 11) is 0. The summed E-state index contributed by atoms with van der Waals surface area (Å²) in [6.45, 7) is 2.12. The van der Waals surface area contributed by atoms with Crippen LogP contribution in [0.5, 0.6) is 0 Å². The molecular weight excluding hydrogens is 242 g/mol. The minimum Gasteiger partial charge on any atom is -0.395 e. The number of alkyl halides is 3. The van der Waals surface area contributed by atoms with Crippen LogP contribution in [0.4, 0.5) is 0 Å². The van der Waals surface area contributed by atoms with Gasteiger partial charge in [-0.25, -0.2) is 0 Å². The maximum atomic E-state index is 8.74. The van der Waals surface area contributed by atoms with Gasteiger partial charge >= 0.3 is 0 Å². The van der Waals surface area contributed by atoms with Crippen LogP contribution in [0, 0.1) is 0 Å². The molecule has 0 aliphatic carbocycles. The van der Waals surface area contributed by atoms with Crippen LogP contribution >= 0.6 is 34.8 Å². The number of rotatable bonds is 8. The lowest BCUT2D eigenvalue weighted by atomic mass is 10.1. The monoisotopic (exact) mass is 260 g/mol. The lowest BCUT2D eigenvalue weighted by Crippen LogP contribution is -2.16. The third kappa shape index (κ3) is 8.16. The van der Waals surface area contributed by atoms with Gasteiger partial charge in [0.1, 0.15) is 0 Å². The average molecular weight is 262 g/mol. The maximum Gasteiger partial charge on any atom is 0.0595 e. The highest BCUT2D eigenvalue weighted by atomic mass is 35.5. The Morgan fingerprint density at radius 3 is 2.07 bits per heavy atom. The quantitative estimate of drug-likeness (QED) is 0.660. The van der Waals surface area contributed by atoms with Crippen LogP contribution < -0.4 is 0 Å². The largest absolute Gasteiger partial charge is 0.395 e. The van der Waals surface area contributed by atoms with Gasteiger partial charge in [0, 0.05) is 10.8 Å². The molecule has 0 rings (SSSR count). The first-order valence-corrected chi connectivity index (χ1v) is 6.44. The van der Waals surface area contributed by atoms with Crippen molar-refractivity contribution < 1.29 is 5.11 Å². The number of halogens is 3. The van der Waals surface area contributed by atoms with Crippen molar-refractivity contribution in [2.24, 2.45) is 0 Å². The van der Waals surface area contributed by atoms with Crippen molar-refractivity contribution in [2.45, 2.75) is 55.2 Å². The third-order valence-electron chi connectivity index (χ3n) is 2.09. The summed E-state index contributed by atoms with van der Waals surface area (Å²) in [6.07, 6.45) is 4.70. The molecule has 0 aliphatic heterocycles. The Labute approximate surface area is 102 Å². The SMILES string of the molecule is CCCCC(Cl)CC(Cl)CC(Cl)CO. The van der Waals surface area contributed by atoms with Crippen molar-refractivity contribution >= 4 is 34.8 Å². The fourth-order valence-electron chi connectivity index (χ4n) is 1.27. The van der Waals surface area contributed by atoms with Crippen molar-refractivity contribution in [3.8, 4) is 0 Å². The molecule has 0 bridgehead atoms. The summed E-state index contributed by atoms with van der Waals surface area (Å²) in [4.78, 5) is 0. The van der Waals surface area contributed by atoms with E-state index < -0.39 is 0 Å². The van der Waals surface area contributed by atoms with Crippen molar-refractivity contribution in [2.75, 3.05) is 6.61 Å². The number of aliphatic hydroxyl groups is 1. The van der Waals surface area contributed by atoms with Crippen LogP contribution in [-0.2, 0) is 0 Å². The second-order valence-electron chi connectivity index (χ2n) is 3.59. The topological polar surface area (TPSA) is 20.2 Å². The van der Waals surface area contributed by atoms with Gasteiger partial charge in [-0.15, -0.1) is 34.8 Å². The van der Waals surface area contributed by atoms with Crippen LogP contribution in [0.1, 0.15) is 39.0 Å². The van der Waals surface area contributed by atoms with E-state index in [-0.39, 0.29) is 22.7 Å². The molecule has 0 aliphatic rings. The number of aliphatic hydroxyl groups excluding tert-OH is 1. The van der Waals surface area contributed by atoms with E-state index in [1.807, 2.05) is 0 Å². The normalized spacial score (nSPS) is 17.8. The van der Waals surface area contributed by atoms with Crippen LogP contribution in [0.25, 0.3) is 0 Å². The molecule has 0 saturated carbocycles. The Morgan fingerprint density at radius 2 is 1.57 bits per heavy atom. The molecule has 0 heterocycles. The number of hydrogen-bond donors (Lipinski definition) is 1. The molecule has 0 spiro atoms. The average Bonchev–Trinajstić information content (AvgIpc) is 2.14. The first kappa shape index (κ1) is 14.8. The van der Waals surface area contributed by atoms with E-state index in [1.165, 1.54) is 0 Å². The van der Waals surface area contributed by atoms with E-state index >= 15 is 0 Å². The number of unbranched alkanes of at least 4 members (excludes halogenated alkanes) is 1. The van der Waals surface area contributed by atoms with E-state index in [0.29, 0.717) is 6.42 Å². The summed E-state index contributed by atoms with van der Waals surface area (Å²) in [5, 5.41) is 8.61. The van der Waals surface area contributed by atoms with Gasteiger partial charge in [-0.05, 0) is 19.3 Å². The fraction of sp³-hybridized carbons (Fsp3) is 1.00. The van der Waals surface area contributed by atoms with Gasteiger partial charge in [0.05, 0.1) is 12.0 Å². The van der Waals surface area contributed by atoms with Gasteiger partial charge in [-0.1, -0.05) is 19.8 Å². The van der Waals surface area contributed by atoms with E-state index in [2.05, 4.69) is 6.92 Å². The molecule has 4 heteroatoms. The Kier molecular flexibility index (Phi) is 9.62. The minimum atomic E-state index is -0.243. The molecule has 0 aromatic carbocycles. The fourth-order valence-corrected chi connectivity index (χ4v) is 2.47. The Bertz CT molecular complexity index is 133. The van der Waals surface area contributed by atoms with Gasteiger partial charge in [0.2, 0.25) is 0 Å². The van der Waals surface area contributed by atoms with Gasteiger partial charge in [0.15, 0.2) is 0 Å². The lowest BCUT2D eigenvalue weighted by Gasteiger charge is -2.15. The maximum absolute atomic E-state index is 8.74. The molecule has 0 fully saturated rings. The van der Waals surface area contributed by atoms with Crippen LogP contribution in [0.3, 0.4) is 0 Å². The minimum absolute atomic E-state index is 0.0211. The zero-order valence-electron chi connectivity index (χ0n) is 8.56. The summed E-state index contributed by atoms with van der Waals surface area (Å²) >= 11 is 17.9. The van der Waals surface area contributed by atoms with Crippen LogP contribution in [0.2, 0.25) is 0 Å². The lowest BCUT2D eigenvalue weighted by molar-refractivity contribution is 0.286. The molecule has 0 aromatic rings. The molecule has 0 radical (unpaired) electrons. The Hall–Kier alpha value is 0.830. The highest BCUT2D eigenvalue weighted by Crippen LogP contribution is 2.21. The highest BCUT2D eigenvalue weighted by Gasteiger charge is 2.15. The molecule has 0 aromatic heterocycles. The summed E-state index contributed by atoms with van der Waals surface area (Å²) in [6, 6.07) is 0. The molecule has 1 nitrogen and oxygen atoms in total. The smallest absolute Gasteiger partial charge is 0.0595 e. The molecule has 14 heavy (non-hydrogen) atoms. The van der Waals surface area contributed by atoms with Crippen LogP contribution in [0.15, 0.2) is 0 Å². The molecule has 86 valence electrons. The molecule has 0 saturated heterocycles. The van der Waals surface area contributed by atoms with Crippen LogP contribution in [-0.4, -0.2) is 27.8 Å². The van der Waals surface area contributed by atoms with Gasteiger partial charge in [0.25, 0.3) is 0 Å². The van der Waals surface area contributed by atoms with E-state index in [0.717, 1.165) is 25.7 Å². The van der Waals surface area contributed by atoms with Crippen molar-refractivity contribution in [3.63, 3.8) is 0 Å². The van der Waals surface area contributed by atoms with Gasteiger partial charge in [-0.2, -0.15) is 0 Å². The molecular formula is C10H19Cl3O. The predicted molar refractivity (Wildman–Crippen MR) is 64.8 cm³/mol. The summed E-state index contributed by atoms with van der Waals surface area (Å²) < 4.78 is 0. The first-order valence-electron chi connectivity index (χ1n) is 5.13. The summed E-state index contributed by atoms with van der Waals surface area (Å²) in [5.41, 5.74) is 0. The highest BCUT2D eigenvalue weighted by molar-refractivity contribution is 6.25. The zero-order chi connectivity index (χ0) is 11.0. The van der Waals surface area contributed by atoms with E-state index in [1.54, 1.807) is 0 Å². The number of hydrogen-bond acceptors (Lipinski definition) is 1. The van der Waals surface area contributed by atoms with E-state index in [4.69, 9.17) is 39.9 Å². The molecule has 3 atom stereocenters. The molecule has 3 unspecified atom stereocenters. The zero-order valence-corrected chi connectivity index (χ0v) is 10.8. The van der Waals surface area contributed by atoms with Gasteiger partial charge < -0.3 is 5.11 Å². The molecule has 0 amide bonds. The third-order valence-corrected chi connectivity index (χ3v) is 3.16. The van der Waals surface area contributed by atoms with Crippen molar-refractivity contribution in [1.29, 1.82) is 0 Å². The second-order valence-corrected chi connectivity index (χ2v) is 5.44. The Balaban J connectivity index is 3.54. The predicted octanol–water partition coefficient (Wildman–Crippen LogP) is 3.77. The first-order chi connectivity index (χ1) is 6.60.